The number of halogens is 2. The van der Waals surface area contributed by atoms with Gasteiger partial charge in [0.15, 0.2) is 5.82 Å². The van der Waals surface area contributed by atoms with Crippen molar-refractivity contribution in [3.05, 3.63) is 81.4 Å². The molecule has 0 aliphatic rings. The van der Waals surface area contributed by atoms with Crippen LogP contribution in [-0.2, 0) is 17.8 Å². The molecule has 3 aromatic rings. The number of rotatable bonds is 6. The number of hydrogen-bond acceptors (Lipinski definition) is 2. The lowest BCUT2D eigenvalue weighted by Crippen LogP contribution is -2.13. The standard InChI is InChI=1S/C19H17BrClN3O/c20-17-13-24(12-15-6-9-16(21)10-7-15)23-19(17)22-18(25)11-8-14-4-2-1-3-5-14/h1-7,9-10,13H,8,11-12H2,(H,22,23,25). The zero-order valence-corrected chi connectivity index (χ0v) is 15.8. The van der Waals surface area contributed by atoms with E-state index in [4.69, 9.17) is 11.6 Å². The van der Waals surface area contributed by atoms with Gasteiger partial charge < -0.3 is 5.32 Å². The molecule has 2 aromatic carbocycles. The Morgan fingerprint density at radius 1 is 1.08 bits per heavy atom. The molecule has 128 valence electrons. The van der Waals surface area contributed by atoms with Gasteiger partial charge in [0.05, 0.1) is 11.0 Å². The number of aryl methyl sites for hydroxylation is 1. The predicted octanol–water partition coefficient (Wildman–Crippen LogP) is 4.92. The zero-order valence-electron chi connectivity index (χ0n) is 13.5. The van der Waals surface area contributed by atoms with Gasteiger partial charge in [-0.3, -0.25) is 9.48 Å². The normalized spacial score (nSPS) is 10.6. The molecular formula is C19H17BrClN3O. The van der Waals surface area contributed by atoms with E-state index in [0.29, 0.717) is 30.2 Å². The van der Waals surface area contributed by atoms with Crippen LogP contribution >= 0.6 is 27.5 Å². The predicted molar refractivity (Wildman–Crippen MR) is 104 cm³/mol. The minimum absolute atomic E-state index is 0.0544. The molecule has 0 aliphatic carbocycles. The van der Waals surface area contributed by atoms with E-state index in [1.54, 1.807) is 4.68 Å². The Morgan fingerprint density at radius 3 is 2.52 bits per heavy atom. The molecular weight excluding hydrogens is 402 g/mol. The summed E-state index contributed by atoms with van der Waals surface area (Å²) in [5.74, 6) is 0.480. The molecule has 0 saturated carbocycles. The molecule has 1 amide bonds. The number of benzene rings is 2. The van der Waals surface area contributed by atoms with Crippen LogP contribution in [0.5, 0.6) is 0 Å². The molecule has 1 N–H and O–H groups in total. The number of nitrogens with zero attached hydrogens (tertiary/aromatic N) is 2. The van der Waals surface area contributed by atoms with E-state index < -0.39 is 0 Å². The van der Waals surface area contributed by atoms with Crippen molar-refractivity contribution < 1.29 is 4.79 Å². The summed E-state index contributed by atoms with van der Waals surface area (Å²) in [6.07, 6.45) is 2.97. The molecule has 0 unspecified atom stereocenters. The molecule has 0 spiro atoms. The van der Waals surface area contributed by atoms with Gasteiger partial charge in [0.1, 0.15) is 0 Å². The van der Waals surface area contributed by atoms with E-state index in [2.05, 4.69) is 26.3 Å². The van der Waals surface area contributed by atoms with E-state index in [0.717, 1.165) is 15.6 Å². The van der Waals surface area contributed by atoms with Crippen molar-refractivity contribution in [1.82, 2.24) is 9.78 Å². The average molecular weight is 419 g/mol. The summed E-state index contributed by atoms with van der Waals surface area (Å²) in [7, 11) is 0. The van der Waals surface area contributed by atoms with E-state index in [1.807, 2.05) is 60.8 Å². The largest absolute Gasteiger partial charge is 0.308 e. The van der Waals surface area contributed by atoms with Gasteiger partial charge in [-0.05, 0) is 45.6 Å². The molecule has 1 heterocycles. The van der Waals surface area contributed by atoms with Gasteiger partial charge >= 0.3 is 0 Å². The monoisotopic (exact) mass is 417 g/mol. The van der Waals surface area contributed by atoms with Gasteiger partial charge in [0, 0.05) is 17.6 Å². The molecule has 0 bridgehead atoms. The van der Waals surface area contributed by atoms with Gasteiger partial charge in [-0.15, -0.1) is 0 Å². The molecule has 3 rings (SSSR count). The highest BCUT2D eigenvalue weighted by atomic mass is 79.9. The van der Waals surface area contributed by atoms with Crippen molar-refractivity contribution in [2.75, 3.05) is 5.32 Å². The first kappa shape index (κ1) is 17.7. The van der Waals surface area contributed by atoms with Crippen LogP contribution in [0.4, 0.5) is 5.82 Å². The van der Waals surface area contributed by atoms with Gasteiger partial charge in [0.2, 0.25) is 5.91 Å². The number of hydrogen-bond donors (Lipinski definition) is 1. The smallest absolute Gasteiger partial charge is 0.225 e. The minimum atomic E-state index is -0.0544. The van der Waals surface area contributed by atoms with Crippen LogP contribution in [0.2, 0.25) is 5.02 Å². The minimum Gasteiger partial charge on any atom is -0.308 e. The first-order valence-electron chi connectivity index (χ1n) is 7.91. The highest BCUT2D eigenvalue weighted by Gasteiger charge is 2.11. The summed E-state index contributed by atoms with van der Waals surface area (Å²) in [5, 5.41) is 7.99. The van der Waals surface area contributed by atoms with Crippen LogP contribution in [0.15, 0.2) is 65.3 Å². The maximum atomic E-state index is 12.1. The van der Waals surface area contributed by atoms with E-state index in [9.17, 15) is 4.79 Å². The third kappa shape index (κ3) is 5.18. The number of carbonyl (C=O) groups excluding carboxylic acids is 1. The van der Waals surface area contributed by atoms with Crippen LogP contribution in [0.25, 0.3) is 0 Å². The molecule has 4 nitrogen and oxygen atoms in total. The third-order valence-electron chi connectivity index (χ3n) is 3.72. The van der Waals surface area contributed by atoms with Crippen LogP contribution in [0.1, 0.15) is 17.5 Å². The zero-order chi connectivity index (χ0) is 17.6. The van der Waals surface area contributed by atoms with Gasteiger partial charge in [-0.2, -0.15) is 5.10 Å². The average Bonchev–Trinajstić information content (AvgIpc) is 2.95. The number of amides is 1. The highest BCUT2D eigenvalue weighted by Crippen LogP contribution is 2.21. The molecule has 0 fully saturated rings. The Kier molecular flexibility index (Phi) is 5.89. The highest BCUT2D eigenvalue weighted by molar-refractivity contribution is 9.10. The Bertz CT molecular complexity index is 847. The number of anilines is 1. The number of nitrogens with one attached hydrogen (secondary N) is 1. The van der Waals surface area contributed by atoms with Crippen LogP contribution < -0.4 is 5.32 Å². The molecule has 25 heavy (non-hydrogen) atoms. The molecule has 0 saturated heterocycles. The molecule has 0 radical (unpaired) electrons. The Balaban J connectivity index is 1.58. The maximum absolute atomic E-state index is 12.1. The van der Waals surface area contributed by atoms with Gasteiger partial charge in [-0.1, -0.05) is 54.1 Å². The van der Waals surface area contributed by atoms with Crippen LogP contribution in [0.3, 0.4) is 0 Å². The van der Waals surface area contributed by atoms with Crippen molar-refractivity contribution in [2.45, 2.75) is 19.4 Å². The fourth-order valence-electron chi connectivity index (χ4n) is 2.44. The first-order chi connectivity index (χ1) is 12.1. The Labute approximate surface area is 159 Å². The van der Waals surface area contributed by atoms with Crippen molar-refractivity contribution in [2.24, 2.45) is 0 Å². The fraction of sp³-hybridized carbons (Fsp3) is 0.158. The van der Waals surface area contributed by atoms with E-state index in [1.165, 1.54) is 0 Å². The summed E-state index contributed by atoms with van der Waals surface area (Å²) in [5.41, 5.74) is 2.23. The van der Waals surface area contributed by atoms with Crippen molar-refractivity contribution in [3.63, 3.8) is 0 Å². The van der Waals surface area contributed by atoms with E-state index >= 15 is 0 Å². The first-order valence-corrected chi connectivity index (χ1v) is 9.08. The second-order valence-corrected chi connectivity index (χ2v) is 6.97. The fourth-order valence-corrected chi connectivity index (χ4v) is 2.98. The van der Waals surface area contributed by atoms with Crippen molar-refractivity contribution >= 4 is 39.3 Å². The lowest BCUT2D eigenvalue weighted by atomic mass is 10.1. The third-order valence-corrected chi connectivity index (χ3v) is 4.55. The van der Waals surface area contributed by atoms with Crippen molar-refractivity contribution in [1.29, 1.82) is 0 Å². The lowest BCUT2D eigenvalue weighted by molar-refractivity contribution is -0.116. The van der Waals surface area contributed by atoms with Crippen LogP contribution in [0, 0.1) is 0 Å². The maximum Gasteiger partial charge on any atom is 0.225 e. The molecule has 0 atom stereocenters. The Morgan fingerprint density at radius 2 is 1.80 bits per heavy atom. The van der Waals surface area contributed by atoms with Gasteiger partial charge in [0.25, 0.3) is 0 Å². The second-order valence-electron chi connectivity index (χ2n) is 5.68. The second kappa shape index (κ2) is 8.32. The topological polar surface area (TPSA) is 46.9 Å². The summed E-state index contributed by atoms with van der Waals surface area (Å²) < 4.78 is 2.54. The summed E-state index contributed by atoms with van der Waals surface area (Å²) >= 11 is 9.35. The molecule has 6 heteroatoms. The lowest BCUT2D eigenvalue weighted by Gasteiger charge is -2.04. The van der Waals surface area contributed by atoms with Gasteiger partial charge in [-0.25, -0.2) is 0 Å². The molecule has 1 aromatic heterocycles. The number of carbonyl (C=O) groups is 1. The summed E-state index contributed by atoms with van der Waals surface area (Å²) in [6, 6.07) is 17.6. The number of aromatic nitrogens is 2. The van der Waals surface area contributed by atoms with Crippen molar-refractivity contribution in [3.8, 4) is 0 Å². The quantitative estimate of drug-likeness (QED) is 0.618. The SMILES string of the molecule is O=C(CCc1ccccc1)Nc1nn(Cc2ccc(Cl)cc2)cc1Br. The van der Waals surface area contributed by atoms with E-state index in [-0.39, 0.29) is 5.91 Å². The van der Waals surface area contributed by atoms with Crippen LogP contribution in [-0.4, -0.2) is 15.7 Å². The summed E-state index contributed by atoms with van der Waals surface area (Å²) in [4.78, 5) is 12.1. The molecule has 0 aliphatic heterocycles. The Hall–Kier alpha value is -2.11. The summed E-state index contributed by atoms with van der Waals surface area (Å²) in [6.45, 7) is 0.607.